The molecular formula is C15H11NO4S. The molecule has 0 unspecified atom stereocenters. The number of thiophene rings is 1. The maximum atomic E-state index is 11.6. The molecule has 3 aromatic rings. The van der Waals surface area contributed by atoms with Gasteiger partial charge in [-0.25, -0.2) is 4.79 Å². The van der Waals surface area contributed by atoms with Crippen LogP contribution in [0.15, 0.2) is 56.3 Å². The van der Waals surface area contributed by atoms with Gasteiger partial charge in [-0.05, 0) is 40.6 Å². The highest BCUT2D eigenvalue weighted by Crippen LogP contribution is 2.20. The summed E-state index contributed by atoms with van der Waals surface area (Å²) in [6.45, 7) is 0.0526. The van der Waals surface area contributed by atoms with Crippen molar-refractivity contribution >= 4 is 23.4 Å². The summed E-state index contributed by atoms with van der Waals surface area (Å²) in [5.41, 5.74) is 1.50. The number of carbonyl (C=O) groups excluding carboxylic acids is 1. The molecular weight excluding hydrogens is 290 g/mol. The van der Waals surface area contributed by atoms with Gasteiger partial charge in [0.2, 0.25) is 5.76 Å². The smallest absolute Gasteiger partial charge is 0.331 e. The first kappa shape index (κ1) is 13.4. The summed E-state index contributed by atoms with van der Waals surface area (Å²) in [6.07, 6.45) is 4.64. The van der Waals surface area contributed by atoms with E-state index in [9.17, 15) is 4.79 Å². The molecule has 0 amide bonds. The topological polar surface area (TPSA) is 65.5 Å². The third-order valence-electron chi connectivity index (χ3n) is 2.64. The van der Waals surface area contributed by atoms with Crippen molar-refractivity contribution < 1.29 is 18.5 Å². The van der Waals surface area contributed by atoms with Gasteiger partial charge in [-0.2, -0.15) is 11.3 Å². The third-order valence-corrected chi connectivity index (χ3v) is 3.34. The lowest BCUT2D eigenvalue weighted by molar-refractivity contribution is -0.139. The molecule has 106 valence electrons. The van der Waals surface area contributed by atoms with Crippen molar-refractivity contribution in [2.75, 3.05) is 0 Å². The Bertz CT molecular complexity index is 726. The second kappa shape index (κ2) is 6.23. The summed E-state index contributed by atoms with van der Waals surface area (Å²) in [4.78, 5) is 11.6. The van der Waals surface area contributed by atoms with Crippen LogP contribution >= 0.6 is 11.3 Å². The van der Waals surface area contributed by atoms with Crippen molar-refractivity contribution in [1.29, 1.82) is 0 Å². The van der Waals surface area contributed by atoms with Crippen molar-refractivity contribution in [3.8, 4) is 11.5 Å². The van der Waals surface area contributed by atoms with Crippen LogP contribution in [0.4, 0.5) is 0 Å². The molecule has 6 heteroatoms. The molecule has 0 aliphatic carbocycles. The van der Waals surface area contributed by atoms with Crippen LogP contribution in [0, 0.1) is 0 Å². The Morgan fingerprint density at radius 1 is 1.38 bits per heavy atom. The quantitative estimate of drug-likeness (QED) is 0.530. The van der Waals surface area contributed by atoms with E-state index in [-0.39, 0.29) is 6.61 Å². The highest BCUT2D eigenvalue weighted by Gasteiger charge is 2.10. The van der Waals surface area contributed by atoms with E-state index in [1.807, 2.05) is 16.8 Å². The maximum Gasteiger partial charge on any atom is 0.331 e. The van der Waals surface area contributed by atoms with E-state index in [1.165, 1.54) is 6.08 Å². The maximum absolute atomic E-state index is 11.6. The number of ether oxygens (including phenoxy) is 1. The molecule has 3 aromatic heterocycles. The average molecular weight is 301 g/mol. The summed E-state index contributed by atoms with van der Waals surface area (Å²) in [5.74, 6) is 0.654. The number of furan rings is 1. The summed E-state index contributed by atoms with van der Waals surface area (Å²) < 4.78 is 15.4. The molecule has 0 saturated carbocycles. The van der Waals surface area contributed by atoms with Gasteiger partial charge in [0.1, 0.15) is 12.3 Å². The highest BCUT2D eigenvalue weighted by atomic mass is 32.1. The van der Waals surface area contributed by atoms with Crippen molar-refractivity contribution in [3.63, 3.8) is 0 Å². The van der Waals surface area contributed by atoms with Gasteiger partial charge < -0.3 is 13.7 Å². The molecule has 0 saturated heterocycles. The number of rotatable bonds is 5. The van der Waals surface area contributed by atoms with Crippen molar-refractivity contribution in [2.45, 2.75) is 6.61 Å². The number of esters is 1. The van der Waals surface area contributed by atoms with Crippen LogP contribution < -0.4 is 0 Å². The molecule has 21 heavy (non-hydrogen) atoms. The van der Waals surface area contributed by atoms with Crippen LogP contribution in [0.2, 0.25) is 0 Å². The predicted octanol–water partition coefficient (Wildman–Crippen LogP) is 3.75. The Hall–Kier alpha value is -2.60. The van der Waals surface area contributed by atoms with E-state index in [4.69, 9.17) is 13.7 Å². The Labute approximate surface area is 124 Å². The second-order valence-electron chi connectivity index (χ2n) is 4.16. The number of hydrogen-bond donors (Lipinski definition) is 0. The monoisotopic (exact) mass is 301 g/mol. The van der Waals surface area contributed by atoms with E-state index in [0.29, 0.717) is 17.2 Å². The van der Waals surface area contributed by atoms with Crippen molar-refractivity contribution in [2.24, 2.45) is 0 Å². The van der Waals surface area contributed by atoms with E-state index in [2.05, 4.69) is 5.16 Å². The molecule has 0 aromatic carbocycles. The van der Waals surface area contributed by atoms with Crippen LogP contribution in [-0.2, 0) is 16.1 Å². The molecule has 0 aliphatic heterocycles. The minimum absolute atomic E-state index is 0.0526. The summed E-state index contributed by atoms with van der Waals surface area (Å²) >= 11 is 1.57. The first-order valence-corrected chi connectivity index (χ1v) is 7.12. The lowest BCUT2D eigenvalue weighted by Gasteiger charge is -1.96. The largest absolute Gasteiger partial charge is 0.461 e. The zero-order valence-corrected chi connectivity index (χ0v) is 11.7. The zero-order valence-electron chi connectivity index (χ0n) is 10.9. The van der Waals surface area contributed by atoms with Gasteiger partial charge in [0, 0.05) is 12.1 Å². The fourth-order valence-corrected chi connectivity index (χ4v) is 2.27. The van der Waals surface area contributed by atoms with E-state index in [1.54, 1.807) is 41.9 Å². The molecule has 0 bridgehead atoms. The van der Waals surface area contributed by atoms with E-state index in [0.717, 1.165) is 5.56 Å². The predicted molar refractivity (Wildman–Crippen MR) is 77.4 cm³/mol. The molecule has 3 rings (SSSR count). The number of hydrogen-bond acceptors (Lipinski definition) is 6. The highest BCUT2D eigenvalue weighted by molar-refractivity contribution is 7.08. The molecule has 0 fully saturated rings. The van der Waals surface area contributed by atoms with E-state index >= 15 is 0 Å². The van der Waals surface area contributed by atoms with Crippen LogP contribution in [0.25, 0.3) is 17.6 Å². The molecule has 0 atom stereocenters. The SMILES string of the molecule is O=C(/C=C/c1ccsc1)OCc1cc(-c2ccco2)on1. The van der Waals surface area contributed by atoms with Crippen LogP contribution in [0.5, 0.6) is 0 Å². The normalized spacial score (nSPS) is 11.0. The average Bonchev–Trinajstić information content (AvgIpc) is 3.24. The standard InChI is InChI=1S/C15H11NO4S/c17-15(4-3-11-5-7-21-10-11)19-9-12-8-14(20-16-12)13-2-1-6-18-13/h1-8,10H,9H2/b4-3+. The Morgan fingerprint density at radius 3 is 3.10 bits per heavy atom. The van der Waals surface area contributed by atoms with Gasteiger partial charge in [0.15, 0.2) is 5.76 Å². The van der Waals surface area contributed by atoms with Crippen LogP contribution in [0.1, 0.15) is 11.3 Å². The second-order valence-corrected chi connectivity index (χ2v) is 4.94. The van der Waals surface area contributed by atoms with Crippen LogP contribution in [0.3, 0.4) is 0 Å². The molecule has 3 heterocycles. The van der Waals surface area contributed by atoms with E-state index < -0.39 is 5.97 Å². The fourth-order valence-electron chi connectivity index (χ4n) is 1.64. The minimum atomic E-state index is -0.427. The number of carbonyl (C=O) groups is 1. The zero-order chi connectivity index (χ0) is 14.5. The number of nitrogens with zero attached hydrogens (tertiary/aromatic N) is 1. The molecule has 5 nitrogen and oxygen atoms in total. The molecule has 0 N–H and O–H groups in total. The summed E-state index contributed by atoms with van der Waals surface area (Å²) in [5, 5.41) is 7.70. The fraction of sp³-hybridized carbons (Fsp3) is 0.0667. The van der Waals surface area contributed by atoms with Crippen molar-refractivity contribution in [3.05, 3.63) is 58.6 Å². The summed E-state index contributed by atoms with van der Waals surface area (Å²) in [6, 6.07) is 7.11. The van der Waals surface area contributed by atoms with Gasteiger partial charge in [-0.3, -0.25) is 0 Å². The lowest BCUT2D eigenvalue weighted by atomic mass is 10.3. The van der Waals surface area contributed by atoms with Gasteiger partial charge in [0.25, 0.3) is 0 Å². The third kappa shape index (κ3) is 3.49. The lowest BCUT2D eigenvalue weighted by Crippen LogP contribution is -2.00. The molecule has 0 spiro atoms. The molecule has 0 aliphatic rings. The van der Waals surface area contributed by atoms with Crippen molar-refractivity contribution in [1.82, 2.24) is 5.16 Å². The first-order chi connectivity index (χ1) is 10.3. The summed E-state index contributed by atoms with van der Waals surface area (Å²) in [7, 11) is 0. The minimum Gasteiger partial charge on any atom is -0.461 e. The Kier molecular flexibility index (Phi) is 3.97. The Morgan fingerprint density at radius 2 is 2.33 bits per heavy atom. The van der Waals surface area contributed by atoms with Gasteiger partial charge in [-0.15, -0.1) is 0 Å². The first-order valence-electron chi connectivity index (χ1n) is 6.18. The molecule has 0 radical (unpaired) electrons. The number of aromatic nitrogens is 1. The Balaban J connectivity index is 1.54. The van der Waals surface area contributed by atoms with Gasteiger partial charge >= 0.3 is 5.97 Å². The van der Waals surface area contributed by atoms with Gasteiger partial charge in [0.05, 0.1) is 6.26 Å². The van der Waals surface area contributed by atoms with Gasteiger partial charge in [-0.1, -0.05) is 5.16 Å². The van der Waals surface area contributed by atoms with Crippen LogP contribution in [-0.4, -0.2) is 11.1 Å².